The van der Waals surface area contributed by atoms with E-state index in [2.05, 4.69) is 56.9 Å². The maximum Gasteiger partial charge on any atom is 0.514 e. The topological polar surface area (TPSA) is 66.2 Å². The van der Waals surface area contributed by atoms with Crippen LogP contribution in [0, 0.1) is 5.41 Å². The van der Waals surface area contributed by atoms with Gasteiger partial charge in [-0.1, -0.05) is 52.3 Å². The summed E-state index contributed by atoms with van der Waals surface area (Å²) in [6.45, 7) is 16.5. The van der Waals surface area contributed by atoms with E-state index in [1.807, 2.05) is 6.07 Å². The zero-order valence-electron chi connectivity index (χ0n) is 20.1. The molecule has 2 aromatic carbocycles. The maximum atomic E-state index is 12.2. The molecule has 3 rings (SSSR count). The number of rotatable bonds is 4. The normalized spacial score (nSPS) is 12.8. The van der Waals surface area contributed by atoms with Gasteiger partial charge in [0.15, 0.2) is 5.75 Å². The van der Waals surface area contributed by atoms with Gasteiger partial charge in [0, 0.05) is 5.02 Å². The summed E-state index contributed by atoms with van der Waals surface area (Å²) in [6, 6.07) is 11.0. The lowest BCUT2D eigenvalue weighted by molar-refractivity contribution is 0.0205. The number of hydrogen-bond acceptors (Lipinski definition) is 5. The second-order valence-electron chi connectivity index (χ2n) is 11.0. The van der Waals surface area contributed by atoms with E-state index in [4.69, 9.17) is 21.1 Å². The minimum absolute atomic E-state index is 0.0166. The molecular weight excluding hydrogens is 426 g/mol. The van der Waals surface area contributed by atoms with E-state index >= 15 is 0 Å². The molecule has 0 spiro atoms. The fourth-order valence-corrected chi connectivity index (χ4v) is 4.13. The molecule has 6 nitrogen and oxygen atoms in total. The van der Waals surface area contributed by atoms with Crippen LogP contribution in [0.3, 0.4) is 0 Å². The smallest absolute Gasteiger partial charge is 0.428 e. The van der Waals surface area contributed by atoms with Gasteiger partial charge in [-0.3, -0.25) is 0 Å². The van der Waals surface area contributed by atoms with Crippen molar-refractivity contribution < 1.29 is 14.3 Å². The Morgan fingerprint density at radius 2 is 1.59 bits per heavy atom. The summed E-state index contributed by atoms with van der Waals surface area (Å²) in [6.07, 6.45) is 0.228. The standard InChI is InChI=1S/C25H32ClN3O3/c1-23(2,3)15-25(7,8)16-9-11-18-19(13-16)28-29(27-18)20-14-17(26)10-12-21(20)31-22(30)32-24(4,5)6/h9-14H,15H2,1-8H3. The third-order valence-electron chi connectivity index (χ3n) is 4.85. The largest absolute Gasteiger partial charge is 0.514 e. The van der Waals surface area contributed by atoms with Crippen molar-refractivity contribution in [3.05, 3.63) is 47.0 Å². The lowest BCUT2D eigenvalue weighted by atomic mass is 9.72. The fourth-order valence-electron chi connectivity index (χ4n) is 3.96. The van der Waals surface area contributed by atoms with Crippen LogP contribution in [0.2, 0.25) is 5.02 Å². The molecule has 0 unspecified atom stereocenters. The molecule has 3 aromatic rings. The number of carbonyl (C=O) groups is 1. The summed E-state index contributed by atoms with van der Waals surface area (Å²) in [5.74, 6) is 0.261. The van der Waals surface area contributed by atoms with Gasteiger partial charge in [-0.25, -0.2) is 4.79 Å². The molecule has 0 N–H and O–H groups in total. The van der Waals surface area contributed by atoms with Gasteiger partial charge in [-0.05, 0) is 73.9 Å². The highest BCUT2D eigenvalue weighted by atomic mass is 35.5. The number of fused-ring (bicyclic) bond motifs is 1. The van der Waals surface area contributed by atoms with Crippen molar-refractivity contribution >= 4 is 28.8 Å². The van der Waals surface area contributed by atoms with Gasteiger partial charge < -0.3 is 9.47 Å². The Hall–Kier alpha value is -2.60. The molecule has 0 aliphatic carbocycles. The van der Waals surface area contributed by atoms with Crippen LogP contribution >= 0.6 is 11.6 Å². The Morgan fingerprint density at radius 3 is 2.22 bits per heavy atom. The van der Waals surface area contributed by atoms with Crippen molar-refractivity contribution in [2.24, 2.45) is 5.41 Å². The van der Waals surface area contributed by atoms with Crippen molar-refractivity contribution in [1.29, 1.82) is 0 Å². The van der Waals surface area contributed by atoms with E-state index in [9.17, 15) is 4.79 Å². The molecule has 0 saturated heterocycles. The van der Waals surface area contributed by atoms with Crippen molar-refractivity contribution in [1.82, 2.24) is 15.0 Å². The molecule has 1 aromatic heterocycles. The molecule has 0 aliphatic heterocycles. The minimum atomic E-state index is -0.802. The third-order valence-corrected chi connectivity index (χ3v) is 5.09. The average Bonchev–Trinajstić information content (AvgIpc) is 3.02. The number of halogens is 1. The molecule has 32 heavy (non-hydrogen) atoms. The van der Waals surface area contributed by atoms with Gasteiger partial charge in [-0.15, -0.1) is 15.0 Å². The zero-order valence-corrected chi connectivity index (χ0v) is 20.9. The predicted molar refractivity (Wildman–Crippen MR) is 128 cm³/mol. The Balaban J connectivity index is 1.98. The Kier molecular flexibility index (Phi) is 6.31. The van der Waals surface area contributed by atoms with Crippen LogP contribution in [0.1, 0.15) is 67.4 Å². The van der Waals surface area contributed by atoms with Gasteiger partial charge in [0.2, 0.25) is 0 Å². The predicted octanol–water partition coefficient (Wildman–Crippen LogP) is 7.10. The number of benzene rings is 2. The summed E-state index contributed by atoms with van der Waals surface area (Å²) in [5.41, 5.74) is 2.66. The van der Waals surface area contributed by atoms with Crippen LogP contribution in [0.15, 0.2) is 36.4 Å². The van der Waals surface area contributed by atoms with Gasteiger partial charge in [0.1, 0.15) is 22.3 Å². The molecule has 0 atom stereocenters. The summed E-state index contributed by atoms with van der Waals surface area (Å²) in [4.78, 5) is 13.7. The number of nitrogens with zero attached hydrogens (tertiary/aromatic N) is 3. The molecule has 172 valence electrons. The molecule has 0 aliphatic rings. The van der Waals surface area contributed by atoms with Crippen molar-refractivity contribution in [2.45, 2.75) is 72.8 Å². The number of carbonyl (C=O) groups excluding carboxylic acids is 1. The van der Waals surface area contributed by atoms with E-state index < -0.39 is 11.8 Å². The van der Waals surface area contributed by atoms with Gasteiger partial charge >= 0.3 is 6.16 Å². The van der Waals surface area contributed by atoms with Crippen molar-refractivity contribution in [3.8, 4) is 11.4 Å². The van der Waals surface area contributed by atoms with Crippen LogP contribution in [-0.4, -0.2) is 26.8 Å². The average molecular weight is 458 g/mol. The molecule has 0 bridgehead atoms. The van der Waals surface area contributed by atoms with Crippen LogP contribution < -0.4 is 4.74 Å². The highest BCUT2D eigenvalue weighted by molar-refractivity contribution is 6.30. The number of ether oxygens (including phenoxy) is 2. The highest BCUT2D eigenvalue weighted by Crippen LogP contribution is 2.37. The van der Waals surface area contributed by atoms with Crippen molar-refractivity contribution in [3.63, 3.8) is 0 Å². The second-order valence-corrected chi connectivity index (χ2v) is 11.4. The summed E-state index contributed by atoms with van der Waals surface area (Å²) >= 11 is 6.21. The van der Waals surface area contributed by atoms with Crippen LogP contribution in [-0.2, 0) is 10.2 Å². The Labute approximate surface area is 194 Å². The first kappa shape index (κ1) is 24.1. The lowest BCUT2D eigenvalue weighted by Crippen LogP contribution is -2.26. The lowest BCUT2D eigenvalue weighted by Gasteiger charge is -2.32. The molecule has 0 saturated carbocycles. The zero-order chi connectivity index (χ0) is 23.9. The van der Waals surface area contributed by atoms with Gasteiger partial charge in [0.25, 0.3) is 0 Å². The molecule has 0 fully saturated rings. The van der Waals surface area contributed by atoms with Gasteiger partial charge in [0.05, 0.1) is 0 Å². The first-order valence-electron chi connectivity index (χ1n) is 10.7. The van der Waals surface area contributed by atoms with E-state index in [-0.39, 0.29) is 16.6 Å². The SMILES string of the molecule is CC(C)(C)CC(C)(C)c1ccc2nn(-c3cc(Cl)ccc3OC(=O)OC(C)(C)C)nc2c1. The summed E-state index contributed by atoms with van der Waals surface area (Å²) < 4.78 is 10.7. The first-order valence-corrected chi connectivity index (χ1v) is 11.1. The van der Waals surface area contributed by atoms with Crippen LogP contribution in [0.25, 0.3) is 16.7 Å². The monoisotopic (exact) mass is 457 g/mol. The van der Waals surface area contributed by atoms with Gasteiger partial charge in [-0.2, -0.15) is 0 Å². The number of hydrogen-bond donors (Lipinski definition) is 0. The van der Waals surface area contributed by atoms with E-state index in [0.29, 0.717) is 10.7 Å². The maximum absolute atomic E-state index is 12.2. The Morgan fingerprint density at radius 1 is 0.938 bits per heavy atom. The summed E-state index contributed by atoms with van der Waals surface area (Å²) in [7, 11) is 0. The summed E-state index contributed by atoms with van der Waals surface area (Å²) in [5, 5.41) is 9.71. The molecular formula is C25H32ClN3O3. The molecule has 0 amide bonds. The molecule has 1 heterocycles. The van der Waals surface area contributed by atoms with Crippen LogP contribution in [0.4, 0.5) is 4.79 Å². The molecule has 7 heteroatoms. The van der Waals surface area contributed by atoms with Crippen molar-refractivity contribution in [2.75, 3.05) is 0 Å². The third kappa shape index (κ3) is 6.00. The quantitative estimate of drug-likeness (QED) is 0.308. The van der Waals surface area contributed by atoms with E-state index in [1.165, 1.54) is 10.4 Å². The first-order chi connectivity index (χ1) is 14.6. The number of aromatic nitrogens is 3. The van der Waals surface area contributed by atoms with E-state index in [1.54, 1.807) is 39.0 Å². The fraction of sp³-hybridized carbons (Fsp3) is 0.480. The molecule has 0 radical (unpaired) electrons. The van der Waals surface area contributed by atoms with Crippen LogP contribution in [0.5, 0.6) is 5.75 Å². The minimum Gasteiger partial charge on any atom is -0.428 e. The second kappa shape index (κ2) is 8.39. The van der Waals surface area contributed by atoms with E-state index in [0.717, 1.165) is 17.5 Å². The Bertz CT molecular complexity index is 1140. The highest BCUT2D eigenvalue weighted by Gasteiger charge is 2.28.